The maximum Gasteiger partial charge on any atom is 0.207 e. The molecule has 9 heteroatoms. The fourth-order valence-corrected chi connectivity index (χ4v) is 4.29. The highest BCUT2D eigenvalue weighted by Crippen LogP contribution is 2.33. The van der Waals surface area contributed by atoms with Gasteiger partial charge in [0.25, 0.3) is 0 Å². The second-order valence-electron chi connectivity index (χ2n) is 7.60. The summed E-state index contributed by atoms with van der Waals surface area (Å²) in [5.74, 6) is 1.20. The van der Waals surface area contributed by atoms with Crippen LogP contribution in [0, 0.1) is 12.7 Å². The van der Waals surface area contributed by atoms with E-state index in [4.69, 9.17) is 10.5 Å². The quantitative estimate of drug-likeness (QED) is 0.487. The molecule has 0 fully saturated rings. The van der Waals surface area contributed by atoms with Crippen molar-refractivity contribution in [2.45, 2.75) is 19.8 Å². The van der Waals surface area contributed by atoms with E-state index >= 15 is 0 Å². The zero-order valence-electron chi connectivity index (χ0n) is 16.7. The fraction of sp³-hybridized carbons (Fsp3) is 0.182. The van der Waals surface area contributed by atoms with Crippen LogP contribution in [-0.4, -0.2) is 35.6 Å². The summed E-state index contributed by atoms with van der Waals surface area (Å²) in [5.41, 5.74) is 11.6. The molecule has 8 nitrogen and oxygen atoms in total. The van der Waals surface area contributed by atoms with Gasteiger partial charge in [0, 0.05) is 59.4 Å². The van der Waals surface area contributed by atoms with Crippen molar-refractivity contribution in [2.75, 3.05) is 12.3 Å². The van der Waals surface area contributed by atoms with E-state index in [-0.39, 0.29) is 18.2 Å². The molecule has 1 aliphatic rings. The first kappa shape index (κ1) is 17.8. The predicted octanol–water partition coefficient (Wildman–Crippen LogP) is 2.99. The first-order valence-corrected chi connectivity index (χ1v) is 9.96. The average molecular weight is 415 g/mol. The van der Waals surface area contributed by atoms with Crippen LogP contribution in [-0.2, 0) is 12.8 Å². The Labute approximate surface area is 176 Å². The number of nitrogens with two attached hydrogens (primary N) is 1. The lowest BCUT2D eigenvalue weighted by molar-refractivity contribution is 0.356. The topological polar surface area (TPSA) is 95.6 Å². The summed E-state index contributed by atoms with van der Waals surface area (Å²) >= 11 is 0. The van der Waals surface area contributed by atoms with Crippen molar-refractivity contribution in [3.05, 3.63) is 71.3 Å². The van der Waals surface area contributed by atoms with E-state index in [0.29, 0.717) is 30.1 Å². The van der Waals surface area contributed by atoms with Gasteiger partial charge in [0.15, 0.2) is 5.65 Å². The summed E-state index contributed by atoms with van der Waals surface area (Å²) in [5, 5.41) is 8.74. The van der Waals surface area contributed by atoms with Crippen molar-refractivity contribution >= 4 is 17.2 Å². The highest BCUT2D eigenvalue weighted by atomic mass is 19.1. The molecule has 0 saturated heterocycles. The van der Waals surface area contributed by atoms with Crippen LogP contribution < -0.4 is 10.5 Å². The monoisotopic (exact) mass is 415 g/mol. The molecule has 0 spiro atoms. The van der Waals surface area contributed by atoms with E-state index in [0.717, 1.165) is 33.8 Å². The summed E-state index contributed by atoms with van der Waals surface area (Å²) in [6, 6.07) is 7.01. The molecule has 154 valence electrons. The first-order valence-electron chi connectivity index (χ1n) is 9.96. The minimum atomic E-state index is -0.290. The summed E-state index contributed by atoms with van der Waals surface area (Å²) in [6.45, 7) is 2.54. The molecule has 1 aliphatic heterocycles. The third kappa shape index (κ3) is 2.59. The minimum Gasteiger partial charge on any atom is -0.493 e. The SMILES string of the molecule is Cc1cnc2c(-c3cnc(N)n4c(Cc5c(F)ccc6c5CCO6)nnc34)cccn12. The number of ether oxygens (including phenoxy) is 1. The number of halogens is 1. The Hall–Kier alpha value is -4.01. The van der Waals surface area contributed by atoms with Crippen molar-refractivity contribution in [3.8, 4) is 16.9 Å². The second-order valence-corrected chi connectivity index (χ2v) is 7.60. The Morgan fingerprint density at radius 1 is 1.10 bits per heavy atom. The van der Waals surface area contributed by atoms with Crippen molar-refractivity contribution in [2.24, 2.45) is 0 Å². The zero-order chi connectivity index (χ0) is 21.1. The van der Waals surface area contributed by atoms with Gasteiger partial charge in [-0.15, -0.1) is 10.2 Å². The lowest BCUT2D eigenvalue weighted by Crippen LogP contribution is -2.07. The highest BCUT2D eigenvalue weighted by Gasteiger charge is 2.23. The second kappa shape index (κ2) is 6.49. The number of hydrogen-bond acceptors (Lipinski definition) is 6. The van der Waals surface area contributed by atoms with Crippen LogP contribution in [0.2, 0.25) is 0 Å². The molecule has 1 aromatic carbocycles. The van der Waals surface area contributed by atoms with E-state index < -0.39 is 0 Å². The Morgan fingerprint density at radius 3 is 2.90 bits per heavy atom. The third-order valence-electron chi connectivity index (χ3n) is 5.81. The van der Waals surface area contributed by atoms with E-state index in [1.54, 1.807) is 16.7 Å². The van der Waals surface area contributed by atoms with Crippen LogP contribution in [0.15, 0.2) is 42.9 Å². The lowest BCUT2D eigenvalue weighted by atomic mass is 10.0. The van der Waals surface area contributed by atoms with Gasteiger partial charge in [-0.05, 0) is 31.2 Å². The maximum atomic E-state index is 14.7. The largest absolute Gasteiger partial charge is 0.493 e. The van der Waals surface area contributed by atoms with Crippen molar-refractivity contribution in [1.82, 2.24) is 29.0 Å². The van der Waals surface area contributed by atoms with Gasteiger partial charge < -0.3 is 14.9 Å². The van der Waals surface area contributed by atoms with Crippen LogP contribution in [0.3, 0.4) is 0 Å². The fourth-order valence-electron chi connectivity index (χ4n) is 4.29. The number of pyridine rings is 1. The van der Waals surface area contributed by atoms with Crippen molar-refractivity contribution in [3.63, 3.8) is 0 Å². The van der Waals surface area contributed by atoms with Gasteiger partial charge in [-0.3, -0.25) is 0 Å². The van der Waals surface area contributed by atoms with Crippen molar-refractivity contribution in [1.29, 1.82) is 0 Å². The molecule has 2 N–H and O–H groups in total. The molecule has 0 atom stereocenters. The van der Waals surface area contributed by atoms with Gasteiger partial charge in [0.2, 0.25) is 5.95 Å². The Balaban J connectivity index is 1.53. The number of aromatic nitrogens is 6. The molecule has 5 aromatic rings. The van der Waals surface area contributed by atoms with Gasteiger partial charge in [-0.1, -0.05) is 0 Å². The third-order valence-corrected chi connectivity index (χ3v) is 5.81. The van der Waals surface area contributed by atoms with Gasteiger partial charge >= 0.3 is 0 Å². The Bertz CT molecular complexity index is 1490. The van der Waals surface area contributed by atoms with Gasteiger partial charge in [0.05, 0.1) is 6.61 Å². The molecule has 0 unspecified atom stereocenters. The normalized spacial score (nSPS) is 13.1. The lowest BCUT2D eigenvalue weighted by Gasteiger charge is -2.10. The number of aryl methyl sites for hydroxylation is 1. The summed E-state index contributed by atoms with van der Waals surface area (Å²) in [7, 11) is 0. The van der Waals surface area contributed by atoms with Crippen LogP contribution in [0.4, 0.5) is 10.3 Å². The van der Waals surface area contributed by atoms with E-state index in [1.165, 1.54) is 6.07 Å². The highest BCUT2D eigenvalue weighted by molar-refractivity contribution is 5.86. The molecule has 0 bridgehead atoms. The maximum absolute atomic E-state index is 14.7. The van der Waals surface area contributed by atoms with Crippen molar-refractivity contribution < 1.29 is 9.13 Å². The summed E-state index contributed by atoms with van der Waals surface area (Å²) in [6.07, 6.45) is 6.36. The van der Waals surface area contributed by atoms with E-state index in [2.05, 4.69) is 20.2 Å². The summed E-state index contributed by atoms with van der Waals surface area (Å²) < 4.78 is 24.0. The molecule has 4 aromatic heterocycles. The number of hydrogen-bond donors (Lipinski definition) is 1. The number of imidazole rings is 1. The number of anilines is 1. The van der Waals surface area contributed by atoms with Crippen LogP contribution in [0.25, 0.3) is 22.4 Å². The molecule has 0 saturated carbocycles. The Kier molecular flexibility index (Phi) is 3.73. The van der Waals surface area contributed by atoms with Crippen LogP contribution in [0.1, 0.15) is 22.6 Å². The predicted molar refractivity (Wildman–Crippen MR) is 113 cm³/mol. The van der Waals surface area contributed by atoms with E-state index in [1.807, 2.05) is 35.9 Å². The van der Waals surface area contributed by atoms with Gasteiger partial charge in [-0.2, -0.15) is 0 Å². The average Bonchev–Trinajstić information content (AvgIpc) is 3.50. The molecule has 31 heavy (non-hydrogen) atoms. The number of fused-ring (bicyclic) bond motifs is 3. The number of rotatable bonds is 3. The van der Waals surface area contributed by atoms with Crippen LogP contribution in [0.5, 0.6) is 5.75 Å². The smallest absolute Gasteiger partial charge is 0.207 e. The molecular weight excluding hydrogens is 397 g/mol. The van der Waals surface area contributed by atoms with Gasteiger partial charge in [-0.25, -0.2) is 18.8 Å². The van der Waals surface area contributed by atoms with E-state index in [9.17, 15) is 4.39 Å². The molecule has 6 rings (SSSR count). The number of nitrogen functional groups attached to an aromatic ring is 1. The zero-order valence-corrected chi connectivity index (χ0v) is 16.7. The molecule has 0 aliphatic carbocycles. The minimum absolute atomic E-state index is 0.238. The summed E-state index contributed by atoms with van der Waals surface area (Å²) in [4.78, 5) is 8.90. The molecule has 0 radical (unpaired) electrons. The number of benzene rings is 1. The molecular formula is C22H18FN7O. The van der Waals surface area contributed by atoms with Crippen LogP contribution >= 0.6 is 0 Å². The standard InChI is InChI=1S/C22H18FN7O/c1-12-10-25-20-14(3-2-7-29(12)20)16-11-26-22(24)30-19(27-28-21(16)30)9-15-13-6-8-31-18(13)5-4-17(15)23/h2-5,7,10-11H,6,8-9H2,1H3,(H2,24,26). The molecule has 5 heterocycles. The molecule has 0 amide bonds. The van der Waals surface area contributed by atoms with Gasteiger partial charge in [0.1, 0.15) is 23.0 Å². The first-order chi connectivity index (χ1) is 15.1. The Morgan fingerprint density at radius 2 is 2.00 bits per heavy atom. The number of nitrogens with zero attached hydrogens (tertiary/aromatic N) is 6.